The van der Waals surface area contributed by atoms with Gasteiger partial charge in [0.05, 0.1) is 31.4 Å². The first kappa shape index (κ1) is 24.9. The molecule has 0 saturated carbocycles. The summed E-state index contributed by atoms with van der Waals surface area (Å²) in [7, 11) is 0. The highest BCUT2D eigenvalue weighted by atomic mass is 16.6. The second-order valence-electron chi connectivity index (χ2n) is 9.06. The SMILES string of the molecule is CC(C)(C)OC(=O)N1[C@H]([C@H](CC(O)CO)NC(=O)OCc2ccccc2)COC1(C)C. The van der Waals surface area contributed by atoms with Crippen LogP contribution in [-0.2, 0) is 20.8 Å². The number of nitrogens with zero attached hydrogens (tertiary/aromatic N) is 1. The molecule has 1 aromatic rings. The maximum atomic E-state index is 12.9. The van der Waals surface area contributed by atoms with Gasteiger partial charge < -0.3 is 29.7 Å². The van der Waals surface area contributed by atoms with E-state index in [1.165, 1.54) is 4.90 Å². The molecule has 0 radical (unpaired) electrons. The van der Waals surface area contributed by atoms with E-state index >= 15 is 0 Å². The number of aliphatic hydroxyl groups excluding tert-OH is 2. The maximum Gasteiger partial charge on any atom is 0.412 e. The van der Waals surface area contributed by atoms with E-state index in [4.69, 9.17) is 14.2 Å². The molecule has 1 fully saturated rings. The molecule has 0 spiro atoms. The predicted octanol–water partition coefficient (Wildman–Crippen LogP) is 2.40. The van der Waals surface area contributed by atoms with Crippen LogP contribution in [0.15, 0.2) is 30.3 Å². The van der Waals surface area contributed by atoms with Crippen molar-refractivity contribution in [3.8, 4) is 0 Å². The highest BCUT2D eigenvalue weighted by molar-refractivity contribution is 5.71. The number of amides is 2. The van der Waals surface area contributed by atoms with Gasteiger partial charge in [-0.25, -0.2) is 9.59 Å². The lowest BCUT2D eigenvalue weighted by Gasteiger charge is -2.38. The summed E-state index contributed by atoms with van der Waals surface area (Å²) in [5.41, 5.74) is -0.877. The number of carbonyl (C=O) groups is 2. The first-order valence-electron chi connectivity index (χ1n) is 10.4. The molecular formula is C22H34N2O7. The zero-order valence-corrected chi connectivity index (χ0v) is 18.8. The molecule has 31 heavy (non-hydrogen) atoms. The van der Waals surface area contributed by atoms with Crippen LogP contribution in [0, 0.1) is 0 Å². The lowest BCUT2D eigenvalue weighted by atomic mass is 10.0. The number of benzene rings is 1. The van der Waals surface area contributed by atoms with Crippen molar-refractivity contribution in [2.45, 2.75) is 77.2 Å². The van der Waals surface area contributed by atoms with Gasteiger partial charge >= 0.3 is 12.2 Å². The highest BCUT2D eigenvalue weighted by Crippen LogP contribution is 2.32. The normalized spacial score (nSPS) is 20.1. The van der Waals surface area contributed by atoms with Gasteiger partial charge in [-0.05, 0) is 46.6 Å². The summed E-state index contributed by atoms with van der Waals surface area (Å²) >= 11 is 0. The van der Waals surface area contributed by atoms with E-state index in [0.717, 1.165) is 5.56 Å². The minimum Gasteiger partial charge on any atom is -0.445 e. The van der Waals surface area contributed by atoms with Crippen LogP contribution in [0.3, 0.4) is 0 Å². The summed E-state index contributed by atoms with van der Waals surface area (Å²) in [5.74, 6) is 0. The van der Waals surface area contributed by atoms with Crippen molar-refractivity contribution in [1.29, 1.82) is 0 Å². The molecule has 1 heterocycles. The Hall–Kier alpha value is -2.36. The number of carbonyl (C=O) groups excluding carboxylic acids is 2. The van der Waals surface area contributed by atoms with Crippen molar-refractivity contribution < 1.29 is 34.0 Å². The van der Waals surface area contributed by atoms with Crippen molar-refractivity contribution in [1.82, 2.24) is 10.2 Å². The monoisotopic (exact) mass is 438 g/mol. The van der Waals surface area contributed by atoms with Gasteiger partial charge in [-0.15, -0.1) is 0 Å². The van der Waals surface area contributed by atoms with Gasteiger partial charge in [-0.2, -0.15) is 0 Å². The summed E-state index contributed by atoms with van der Waals surface area (Å²) < 4.78 is 16.6. The second-order valence-corrected chi connectivity index (χ2v) is 9.06. The first-order valence-corrected chi connectivity index (χ1v) is 10.4. The first-order chi connectivity index (χ1) is 14.4. The molecule has 3 N–H and O–H groups in total. The average molecular weight is 439 g/mol. The van der Waals surface area contributed by atoms with E-state index in [0.29, 0.717) is 0 Å². The third kappa shape index (κ3) is 7.37. The average Bonchev–Trinajstić information content (AvgIpc) is 3.00. The minimum atomic E-state index is -1.09. The second kappa shape index (κ2) is 10.3. The fourth-order valence-corrected chi connectivity index (χ4v) is 3.39. The maximum absolute atomic E-state index is 12.9. The Morgan fingerprint density at radius 1 is 1.29 bits per heavy atom. The molecule has 2 amide bonds. The Bertz CT molecular complexity index is 733. The van der Waals surface area contributed by atoms with Crippen LogP contribution < -0.4 is 5.32 Å². The van der Waals surface area contributed by atoms with E-state index in [1.807, 2.05) is 30.3 Å². The highest BCUT2D eigenvalue weighted by Gasteiger charge is 2.49. The quantitative estimate of drug-likeness (QED) is 0.598. The van der Waals surface area contributed by atoms with E-state index in [9.17, 15) is 19.8 Å². The number of hydrogen-bond acceptors (Lipinski definition) is 7. The van der Waals surface area contributed by atoms with Gasteiger partial charge in [0.15, 0.2) is 0 Å². The van der Waals surface area contributed by atoms with Crippen LogP contribution >= 0.6 is 0 Å². The van der Waals surface area contributed by atoms with Gasteiger partial charge in [0.2, 0.25) is 0 Å². The third-order valence-corrected chi connectivity index (χ3v) is 4.83. The van der Waals surface area contributed by atoms with Gasteiger partial charge in [0, 0.05) is 0 Å². The van der Waals surface area contributed by atoms with Crippen molar-refractivity contribution in [3.05, 3.63) is 35.9 Å². The van der Waals surface area contributed by atoms with Gasteiger partial charge in [0.25, 0.3) is 0 Å². The Morgan fingerprint density at radius 2 is 1.94 bits per heavy atom. The van der Waals surface area contributed by atoms with Crippen LogP contribution in [0.5, 0.6) is 0 Å². The van der Waals surface area contributed by atoms with Crippen LogP contribution in [-0.4, -0.2) is 70.0 Å². The third-order valence-electron chi connectivity index (χ3n) is 4.83. The van der Waals surface area contributed by atoms with Gasteiger partial charge in [-0.1, -0.05) is 30.3 Å². The van der Waals surface area contributed by atoms with E-state index in [-0.39, 0.29) is 19.6 Å². The molecule has 1 aliphatic heterocycles. The Morgan fingerprint density at radius 3 is 2.52 bits per heavy atom. The standard InChI is InChI=1S/C22H34N2O7/c1-21(2,3)31-20(28)24-18(14-30-22(24,4)5)17(11-16(26)12-25)23-19(27)29-13-15-9-7-6-8-10-15/h6-10,16-18,25-26H,11-14H2,1-5H3,(H,23,27)/t16?,17-,18-/m0/s1. The molecule has 1 unspecified atom stereocenters. The van der Waals surface area contributed by atoms with Crippen molar-refractivity contribution >= 4 is 12.2 Å². The minimum absolute atomic E-state index is 0.000339. The predicted molar refractivity (Wildman–Crippen MR) is 113 cm³/mol. The summed E-state index contributed by atoms with van der Waals surface area (Å²) in [4.78, 5) is 26.8. The zero-order chi connectivity index (χ0) is 23.2. The number of ether oxygens (including phenoxy) is 3. The van der Waals surface area contributed by atoms with E-state index in [1.54, 1.807) is 34.6 Å². The van der Waals surface area contributed by atoms with Crippen molar-refractivity contribution in [2.24, 2.45) is 0 Å². The molecule has 0 aliphatic carbocycles. The van der Waals surface area contributed by atoms with Crippen molar-refractivity contribution in [2.75, 3.05) is 13.2 Å². The zero-order valence-electron chi connectivity index (χ0n) is 18.8. The van der Waals surface area contributed by atoms with E-state index in [2.05, 4.69) is 5.32 Å². The topological polar surface area (TPSA) is 118 Å². The lowest BCUT2D eigenvalue weighted by Crippen LogP contribution is -2.58. The molecule has 1 saturated heterocycles. The number of aliphatic hydroxyl groups is 2. The molecule has 9 nitrogen and oxygen atoms in total. The molecule has 0 bridgehead atoms. The largest absolute Gasteiger partial charge is 0.445 e. The number of nitrogens with one attached hydrogen (secondary N) is 1. The Balaban J connectivity index is 2.16. The summed E-state index contributed by atoms with van der Waals surface area (Å²) in [5, 5.41) is 22.1. The fraction of sp³-hybridized carbons (Fsp3) is 0.636. The molecule has 1 aliphatic rings. The molecular weight excluding hydrogens is 404 g/mol. The van der Waals surface area contributed by atoms with Gasteiger partial charge in [0.1, 0.15) is 17.9 Å². The summed E-state index contributed by atoms with van der Waals surface area (Å²) in [6, 6.07) is 7.84. The Labute approximate surface area is 183 Å². The molecule has 3 atom stereocenters. The van der Waals surface area contributed by atoms with Crippen LogP contribution in [0.25, 0.3) is 0 Å². The van der Waals surface area contributed by atoms with E-state index < -0.39 is 48.3 Å². The molecule has 1 aromatic carbocycles. The summed E-state index contributed by atoms with van der Waals surface area (Å²) in [6.45, 7) is 8.44. The molecule has 9 heteroatoms. The number of alkyl carbamates (subject to hydrolysis) is 1. The van der Waals surface area contributed by atoms with Crippen LogP contribution in [0.4, 0.5) is 9.59 Å². The van der Waals surface area contributed by atoms with Gasteiger partial charge in [-0.3, -0.25) is 4.90 Å². The van der Waals surface area contributed by atoms with Crippen LogP contribution in [0.2, 0.25) is 0 Å². The molecule has 2 rings (SSSR count). The lowest BCUT2D eigenvalue weighted by molar-refractivity contribution is -0.0643. The summed E-state index contributed by atoms with van der Waals surface area (Å²) in [6.07, 6.45) is -2.39. The Kier molecular flexibility index (Phi) is 8.27. The molecule has 174 valence electrons. The van der Waals surface area contributed by atoms with Crippen LogP contribution in [0.1, 0.15) is 46.6 Å². The number of hydrogen-bond donors (Lipinski definition) is 3. The van der Waals surface area contributed by atoms with Crippen molar-refractivity contribution in [3.63, 3.8) is 0 Å². The number of rotatable bonds is 7. The smallest absolute Gasteiger partial charge is 0.412 e. The molecule has 0 aromatic heterocycles. The fourth-order valence-electron chi connectivity index (χ4n) is 3.39.